The first-order chi connectivity index (χ1) is 17.6. The number of carbonyl (C=O) groups excluding carboxylic acids is 3. The van der Waals surface area contributed by atoms with Gasteiger partial charge in [0.2, 0.25) is 5.91 Å². The molecule has 0 aliphatic carbocycles. The largest absolute Gasteiger partial charge is 0.346 e. The number of benzene rings is 2. The van der Waals surface area contributed by atoms with Crippen molar-refractivity contribution in [1.82, 2.24) is 5.32 Å². The van der Waals surface area contributed by atoms with Crippen LogP contribution in [0.5, 0.6) is 0 Å². The van der Waals surface area contributed by atoms with Crippen LogP contribution in [0.3, 0.4) is 0 Å². The highest BCUT2D eigenvalue weighted by Crippen LogP contribution is 2.22. The zero-order chi connectivity index (χ0) is 27.4. The van der Waals surface area contributed by atoms with Gasteiger partial charge in [-0.1, -0.05) is 102 Å². The molecule has 2 aromatic carbocycles. The Balaban J connectivity index is 2.16. The maximum absolute atomic E-state index is 13.6. The van der Waals surface area contributed by atoms with E-state index in [1.165, 1.54) is 5.56 Å². The van der Waals surface area contributed by atoms with Crippen LogP contribution in [-0.4, -0.2) is 23.5 Å². The fourth-order valence-corrected chi connectivity index (χ4v) is 4.97. The predicted molar refractivity (Wildman–Crippen MR) is 152 cm³/mol. The van der Waals surface area contributed by atoms with Crippen LogP contribution in [0.1, 0.15) is 78.4 Å². The Labute approximate surface area is 224 Å². The van der Waals surface area contributed by atoms with Gasteiger partial charge in [0.15, 0.2) is 5.78 Å². The van der Waals surface area contributed by atoms with Crippen LogP contribution in [0, 0.1) is 29.6 Å². The van der Waals surface area contributed by atoms with Crippen LogP contribution in [0.4, 0.5) is 0 Å². The molecule has 2 rings (SSSR count). The molecule has 0 aromatic heterocycles. The third-order valence-corrected chi connectivity index (χ3v) is 6.91. The Morgan fingerprint density at radius 3 is 1.76 bits per heavy atom. The van der Waals surface area contributed by atoms with Gasteiger partial charge in [-0.15, -0.1) is 0 Å². The third kappa shape index (κ3) is 11.0. The second kappa shape index (κ2) is 15.5. The second-order valence-electron chi connectivity index (χ2n) is 11.7. The minimum atomic E-state index is -0.572. The fourth-order valence-electron chi connectivity index (χ4n) is 4.97. The van der Waals surface area contributed by atoms with E-state index in [9.17, 15) is 14.4 Å². The molecule has 37 heavy (non-hydrogen) atoms. The molecule has 0 aliphatic heterocycles. The maximum Gasteiger partial charge on any atom is 0.223 e. The molecule has 202 valence electrons. The molecule has 0 radical (unpaired) electrons. The topological polar surface area (TPSA) is 63.2 Å². The number of nitrogens with one attached hydrogen (secondary N) is 1. The summed E-state index contributed by atoms with van der Waals surface area (Å²) in [5, 5.41) is 3.13. The molecule has 0 spiro atoms. The third-order valence-electron chi connectivity index (χ3n) is 6.91. The molecule has 0 saturated heterocycles. The summed E-state index contributed by atoms with van der Waals surface area (Å²) in [5.74, 6) is -0.0338. The summed E-state index contributed by atoms with van der Waals surface area (Å²) in [7, 11) is 0. The van der Waals surface area contributed by atoms with Gasteiger partial charge in [-0.25, -0.2) is 0 Å². The molecular weight excluding hydrogens is 458 g/mol. The highest BCUT2D eigenvalue weighted by Gasteiger charge is 2.31. The standard InChI is InChI=1S/C33H47NO3/c1-23(2)19-28(18-17-26-13-9-7-10-14-26)33(37)34-30(20-24(3)4)31(35)22-29(32(36)25(5)6)21-27-15-11-8-12-16-27/h7-16,23-25,28-30H,17-22H2,1-6H3,(H,34,37)/t28-,29-,30+/m1/s1. The number of rotatable bonds is 16. The lowest BCUT2D eigenvalue weighted by molar-refractivity contribution is -0.133. The summed E-state index contributed by atoms with van der Waals surface area (Å²) in [4.78, 5) is 40.1. The van der Waals surface area contributed by atoms with Gasteiger partial charge < -0.3 is 5.32 Å². The number of hydrogen-bond acceptors (Lipinski definition) is 3. The molecule has 0 bridgehead atoms. The van der Waals surface area contributed by atoms with E-state index in [1.807, 2.05) is 62.4 Å². The molecule has 3 atom stereocenters. The average Bonchev–Trinajstić information content (AvgIpc) is 2.85. The number of amides is 1. The van der Waals surface area contributed by atoms with Crippen molar-refractivity contribution in [1.29, 1.82) is 0 Å². The zero-order valence-electron chi connectivity index (χ0n) is 23.7. The van der Waals surface area contributed by atoms with Gasteiger partial charge >= 0.3 is 0 Å². The molecule has 0 saturated carbocycles. The number of hydrogen-bond donors (Lipinski definition) is 1. The lowest BCUT2D eigenvalue weighted by Crippen LogP contribution is -2.45. The minimum absolute atomic E-state index is 0.0386. The van der Waals surface area contributed by atoms with Crippen molar-refractivity contribution in [3.05, 3.63) is 71.8 Å². The lowest BCUT2D eigenvalue weighted by atomic mass is 9.83. The van der Waals surface area contributed by atoms with Gasteiger partial charge in [0.25, 0.3) is 0 Å². The average molecular weight is 506 g/mol. The first kappa shape index (κ1) is 30.5. The van der Waals surface area contributed by atoms with E-state index in [0.717, 1.165) is 24.8 Å². The molecule has 0 heterocycles. The molecule has 4 heteroatoms. The number of carbonyl (C=O) groups is 3. The van der Waals surface area contributed by atoms with Crippen molar-refractivity contribution >= 4 is 17.5 Å². The Hall–Kier alpha value is -2.75. The molecular formula is C33H47NO3. The second-order valence-corrected chi connectivity index (χ2v) is 11.7. The SMILES string of the molecule is CC(C)C[C@@H](CCc1ccccc1)C(=O)N[C@@H](CC(C)C)C(=O)C[C@@H](Cc1ccccc1)C(=O)C(C)C. The number of aryl methyl sites for hydroxylation is 1. The lowest BCUT2D eigenvalue weighted by Gasteiger charge is -2.26. The fraction of sp³-hybridized carbons (Fsp3) is 0.545. The summed E-state index contributed by atoms with van der Waals surface area (Å²) in [5.41, 5.74) is 2.27. The smallest absolute Gasteiger partial charge is 0.223 e. The van der Waals surface area contributed by atoms with Gasteiger partial charge in [-0.2, -0.15) is 0 Å². The molecule has 0 fully saturated rings. The maximum atomic E-state index is 13.6. The first-order valence-corrected chi connectivity index (χ1v) is 14.0. The van der Waals surface area contributed by atoms with Crippen molar-refractivity contribution in [2.45, 2.75) is 86.1 Å². The van der Waals surface area contributed by atoms with Crippen LogP contribution < -0.4 is 5.32 Å². The number of Topliss-reactive ketones (excluding diaryl/α,β-unsaturated/α-hetero) is 2. The van der Waals surface area contributed by atoms with Gasteiger partial charge in [0.05, 0.1) is 6.04 Å². The summed E-state index contributed by atoms with van der Waals surface area (Å²) in [6, 6.07) is 19.5. The van der Waals surface area contributed by atoms with Crippen molar-refractivity contribution in [2.24, 2.45) is 29.6 Å². The van der Waals surface area contributed by atoms with Crippen LogP contribution in [0.15, 0.2) is 60.7 Å². The van der Waals surface area contributed by atoms with E-state index in [4.69, 9.17) is 0 Å². The summed E-state index contributed by atoms with van der Waals surface area (Å²) >= 11 is 0. The van der Waals surface area contributed by atoms with Crippen molar-refractivity contribution in [2.75, 3.05) is 0 Å². The van der Waals surface area contributed by atoms with Crippen LogP contribution >= 0.6 is 0 Å². The molecule has 1 N–H and O–H groups in total. The Morgan fingerprint density at radius 1 is 0.703 bits per heavy atom. The highest BCUT2D eigenvalue weighted by molar-refractivity contribution is 5.93. The van der Waals surface area contributed by atoms with Gasteiger partial charge in [0, 0.05) is 24.2 Å². The van der Waals surface area contributed by atoms with E-state index in [-0.39, 0.29) is 47.6 Å². The Morgan fingerprint density at radius 2 is 1.24 bits per heavy atom. The molecule has 1 amide bonds. The quantitative estimate of drug-likeness (QED) is 0.271. The summed E-state index contributed by atoms with van der Waals surface area (Å²) in [6.45, 7) is 12.2. The van der Waals surface area contributed by atoms with E-state index >= 15 is 0 Å². The Kier molecular flexibility index (Phi) is 12.8. The Bertz CT molecular complexity index is 966. The molecule has 0 unspecified atom stereocenters. The normalized spacial score (nSPS) is 14.0. The summed E-state index contributed by atoms with van der Waals surface area (Å²) in [6.07, 6.45) is 3.63. The van der Waals surface area contributed by atoms with Gasteiger partial charge in [0.1, 0.15) is 5.78 Å². The molecule has 2 aromatic rings. The van der Waals surface area contributed by atoms with Gasteiger partial charge in [-0.3, -0.25) is 14.4 Å². The summed E-state index contributed by atoms with van der Waals surface area (Å²) < 4.78 is 0. The van der Waals surface area contributed by atoms with E-state index in [2.05, 4.69) is 45.1 Å². The minimum Gasteiger partial charge on any atom is -0.346 e. The first-order valence-electron chi connectivity index (χ1n) is 14.0. The van der Waals surface area contributed by atoms with Crippen molar-refractivity contribution < 1.29 is 14.4 Å². The van der Waals surface area contributed by atoms with Crippen molar-refractivity contribution in [3.63, 3.8) is 0 Å². The zero-order valence-corrected chi connectivity index (χ0v) is 23.7. The van der Waals surface area contributed by atoms with Crippen LogP contribution in [0.2, 0.25) is 0 Å². The molecule has 4 nitrogen and oxygen atoms in total. The van der Waals surface area contributed by atoms with E-state index in [1.54, 1.807) is 0 Å². The van der Waals surface area contributed by atoms with Crippen molar-refractivity contribution in [3.8, 4) is 0 Å². The van der Waals surface area contributed by atoms with Gasteiger partial charge in [-0.05, 0) is 55.1 Å². The van der Waals surface area contributed by atoms with Crippen LogP contribution in [0.25, 0.3) is 0 Å². The van der Waals surface area contributed by atoms with Crippen LogP contribution in [-0.2, 0) is 27.2 Å². The number of ketones is 2. The monoisotopic (exact) mass is 505 g/mol. The van der Waals surface area contributed by atoms with E-state index in [0.29, 0.717) is 18.8 Å². The molecule has 0 aliphatic rings. The van der Waals surface area contributed by atoms with E-state index < -0.39 is 6.04 Å². The highest BCUT2D eigenvalue weighted by atomic mass is 16.2. The predicted octanol–water partition coefficient (Wildman–Crippen LogP) is 6.86.